The van der Waals surface area contributed by atoms with Gasteiger partial charge in [-0.2, -0.15) is 0 Å². The maximum Gasteiger partial charge on any atom is 0.124 e. The van der Waals surface area contributed by atoms with Crippen molar-refractivity contribution < 1.29 is 0 Å². The van der Waals surface area contributed by atoms with E-state index in [1.165, 1.54) is 4.88 Å². The number of halogens is 1. The van der Waals surface area contributed by atoms with Crippen LogP contribution in [0.1, 0.15) is 18.7 Å². The van der Waals surface area contributed by atoms with E-state index < -0.39 is 0 Å². The molecule has 3 aromatic rings. The van der Waals surface area contributed by atoms with Gasteiger partial charge in [0.15, 0.2) is 0 Å². The molecule has 3 rings (SSSR count). The molecule has 0 aliphatic heterocycles. The summed E-state index contributed by atoms with van der Waals surface area (Å²) in [5, 5.41) is 1.81. The topological polar surface area (TPSA) is 12.9 Å². The Balaban J connectivity index is 0.000000774. The maximum absolute atomic E-state index is 5.92. The van der Waals surface area contributed by atoms with Crippen molar-refractivity contribution in [3.05, 3.63) is 64.5 Å². The van der Waals surface area contributed by atoms with E-state index in [1.54, 1.807) is 11.3 Å². The standard InChI is InChI=1S/C16H12ClNS.C2H6/c1-11-15(12-7-9-14(17)10-8-12)18-16(19-11)13-5-3-2-4-6-13;1-2/h2-10H,1H3;1-2H3. The van der Waals surface area contributed by atoms with Crippen LogP contribution in [0, 0.1) is 6.92 Å². The molecule has 0 atom stereocenters. The first-order valence-corrected chi connectivity index (χ1v) is 8.22. The molecule has 1 nitrogen and oxygen atoms in total. The zero-order valence-electron chi connectivity index (χ0n) is 12.4. The highest BCUT2D eigenvalue weighted by Gasteiger charge is 2.10. The molecule has 1 aromatic heterocycles. The molecule has 0 fully saturated rings. The lowest BCUT2D eigenvalue weighted by Gasteiger charge is -1.98. The van der Waals surface area contributed by atoms with Gasteiger partial charge in [-0.3, -0.25) is 0 Å². The Labute approximate surface area is 135 Å². The predicted molar refractivity (Wildman–Crippen MR) is 94.1 cm³/mol. The molecule has 0 saturated carbocycles. The Kier molecular flexibility index (Phi) is 5.54. The fraction of sp³-hybridized carbons (Fsp3) is 0.167. The summed E-state index contributed by atoms with van der Waals surface area (Å²) in [6.07, 6.45) is 0. The Morgan fingerprint density at radius 2 is 1.48 bits per heavy atom. The number of hydrogen-bond acceptors (Lipinski definition) is 2. The van der Waals surface area contributed by atoms with Gasteiger partial charge in [-0.15, -0.1) is 11.3 Å². The van der Waals surface area contributed by atoms with Gasteiger partial charge in [0.05, 0.1) is 5.69 Å². The van der Waals surface area contributed by atoms with Crippen LogP contribution in [0.15, 0.2) is 54.6 Å². The van der Waals surface area contributed by atoms with E-state index in [0.717, 1.165) is 26.9 Å². The molecule has 0 saturated heterocycles. The summed E-state index contributed by atoms with van der Waals surface area (Å²) in [6, 6.07) is 18.1. The minimum Gasteiger partial charge on any atom is -0.236 e. The van der Waals surface area contributed by atoms with Crippen molar-refractivity contribution in [1.29, 1.82) is 0 Å². The number of aromatic nitrogens is 1. The Hall–Kier alpha value is -1.64. The van der Waals surface area contributed by atoms with Gasteiger partial charge in [0.2, 0.25) is 0 Å². The van der Waals surface area contributed by atoms with Crippen LogP contribution in [0.25, 0.3) is 21.8 Å². The second-order valence-electron chi connectivity index (χ2n) is 4.30. The summed E-state index contributed by atoms with van der Waals surface area (Å²) in [6.45, 7) is 6.11. The lowest BCUT2D eigenvalue weighted by Crippen LogP contribution is -1.81. The van der Waals surface area contributed by atoms with Crippen molar-refractivity contribution in [2.24, 2.45) is 0 Å². The number of aryl methyl sites for hydroxylation is 1. The van der Waals surface area contributed by atoms with E-state index >= 15 is 0 Å². The molecule has 3 heteroatoms. The van der Waals surface area contributed by atoms with Gasteiger partial charge in [-0.05, 0) is 19.1 Å². The van der Waals surface area contributed by atoms with Gasteiger partial charge in [-0.1, -0.05) is 67.9 Å². The van der Waals surface area contributed by atoms with E-state index in [0.29, 0.717) is 0 Å². The number of nitrogens with zero attached hydrogens (tertiary/aromatic N) is 1. The lowest BCUT2D eigenvalue weighted by atomic mass is 10.1. The fourth-order valence-corrected chi connectivity index (χ4v) is 3.04. The monoisotopic (exact) mass is 315 g/mol. The van der Waals surface area contributed by atoms with Crippen LogP contribution in [0.4, 0.5) is 0 Å². The van der Waals surface area contributed by atoms with E-state index in [9.17, 15) is 0 Å². The molecular weight excluding hydrogens is 298 g/mol. The van der Waals surface area contributed by atoms with Gasteiger partial charge in [0.25, 0.3) is 0 Å². The SMILES string of the molecule is CC.Cc1sc(-c2ccccc2)nc1-c1ccc(Cl)cc1. The van der Waals surface area contributed by atoms with Gasteiger partial charge in [0, 0.05) is 21.0 Å². The molecular formula is C18H18ClNS. The smallest absolute Gasteiger partial charge is 0.124 e. The number of benzene rings is 2. The predicted octanol–water partition coefficient (Wildman–Crippen LogP) is 6.47. The molecule has 0 unspecified atom stereocenters. The first kappa shape index (κ1) is 15.7. The normalized spacial score (nSPS) is 9.90. The van der Waals surface area contributed by atoms with E-state index in [2.05, 4.69) is 19.1 Å². The third kappa shape index (κ3) is 3.72. The van der Waals surface area contributed by atoms with E-state index in [1.807, 2.05) is 56.3 Å². The largest absolute Gasteiger partial charge is 0.236 e. The third-order valence-corrected chi connectivity index (χ3v) is 4.21. The van der Waals surface area contributed by atoms with Gasteiger partial charge >= 0.3 is 0 Å². The van der Waals surface area contributed by atoms with Crippen LogP contribution in [-0.2, 0) is 0 Å². The maximum atomic E-state index is 5.92. The zero-order valence-corrected chi connectivity index (χ0v) is 14.0. The van der Waals surface area contributed by atoms with Crippen LogP contribution in [0.5, 0.6) is 0 Å². The summed E-state index contributed by atoms with van der Waals surface area (Å²) in [5.41, 5.74) is 3.32. The molecule has 2 aromatic carbocycles. The molecule has 21 heavy (non-hydrogen) atoms. The molecule has 0 amide bonds. The number of thiazole rings is 1. The van der Waals surface area contributed by atoms with Gasteiger partial charge in [-0.25, -0.2) is 4.98 Å². The fourth-order valence-electron chi connectivity index (χ4n) is 1.98. The molecule has 0 aliphatic carbocycles. The zero-order chi connectivity index (χ0) is 15.2. The van der Waals surface area contributed by atoms with Crippen LogP contribution in [-0.4, -0.2) is 4.98 Å². The molecule has 108 valence electrons. The summed E-state index contributed by atoms with van der Waals surface area (Å²) < 4.78 is 0. The summed E-state index contributed by atoms with van der Waals surface area (Å²) in [4.78, 5) is 5.98. The first-order chi connectivity index (χ1) is 10.2. The second kappa shape index (κ2) is 7.39. The van der Waals surface area contributed by atoms with Crippen molar-refractivity contribution in [2.45, 2.75) is 20.8 Å². The molecule has 0 spiro atoms. The average molecular weight is 316 g/mol. The highest BCUT2D eigenvalue weighted by Crippen LogP contribution is 2.33. The Bertz CT molecular complexity index is 687. The van der Waals surface area contributed by atoms with Crippen molar-refractivity contribution in [3.63, 3.8) is 0 Å². The molecule has 0 aliphatic rings. The summed E-state index contributed by atoms with van der Waals surface area (Å²) in [5.74, 6) is 0. The molecule has 0 bridgehead atoms. The van der Waals surface area contributed by atoms with Crippen molar-refractivity contribution >= 4 is 22.9 Å². The number of rotatable bonds is 2. The van der Waals surface area contributed by atoms with E-state index in [-0.39, 0.29) is 0 Å². The van der Waals surface area contributed by atoms with Gasteiger partial charge in [0.1, 0.15) is 5.01 Å². The van der Waals surface area contributed by atoms with E-state index in [4.69, 9.17) is 16.6 Å². The highest BCUT2D eigenvalue weighted by molar-refractivity contribution is 7.15. The Morgan fingerprint density at radius 1 is 0.857 bits per heavy atom. The summed E-state index contributed by atoms with van der Waals surface area (Å²) in [7, 11) is 0. The quantitative estimate of drug-likeness (QED) is 0.528. The minimum atomic E-state index is 0.750. The lowest BCUT2D eigenvalue weighted by molar-refractivity contribution is 1.37. The van der Waals surface area contributed by atoms with Crippen molar-refractivity contribution in [1.82, 2.24) is 4.98 Å². The van der Waals surface area contributed by atoms with Gasteiger partial charge < -0.3 is 0 Å². The minimum absolute atomic E-state index is 0.750. The Morgan fingerprint density at radius 3 is 2.10 bits per heavy atom. The molecule has 0 N–H and O–H groups in total. The van der Waals surface area contributed by atoms with Crippen LogP contribution in [0.3, 0.4) is 0 Å². The van der Waals surface area contributed by atoms with Crippen LogP contribution in [0.2, 0.25) is 5.02 Å². The summed E-state index contributed by atoms with van der Waals surface area (Å²) >= 11 is 7.64. The first-order valence-electron chi connectivity index (χ1n) is 7.03. The van der Waals surface area contributed by atoms with Crippen LogP contribution >= 0.6 is 22.9 Å². The third-order valence-electron chi connectivity index (χ3n) is 2.93. The second-order valence-corrected chi connectivity index (χ2v) is 5.94. The van der Waals surface area contributed by atoms with Crippen molar-refractivity contribution in [3.8, 4) is 21.8 Å². The van der Waals surface area contributed by atoms with Crippen LogP contribution < -0.4 is 0 Å². The molecule has 0 radical (unpaired) electrons. The highest BCUT2D eigenvalue weighted by atomic mass is 35.5. The number of hydrogen-bond donors (Lipinski definition) is 0. The van der Waals surface area contributed by atoms with Crippen molar-refractivity contribution in [2.75, 3.05) is 0 Å². The average Bonchev–Trinajstić information content (AvgIpc) is 2.93. The molecule has 1 heterocycles.